The Labute approximate surface area is 160 Å². The van der Waals surface area contributed by atoms with Crippen molar-refractivity contribution in [1.82, 2.24) is 0 Å². The molecule has 27 heavy (non-hydrogen) atoms. The molecule has 4 rings (SSSR count). The zero-order valence-electron chi connectivity index (χ0n) is 14.7. The number of hydrogen-bond donors (Lipinski definition) is 0. The van der Waals surface area contributed by atoms with Crippen molar-refractivity contribution in [1.29, 1.82) is 0 Å². The maximum absolute atomic E-state index is 14.5. The molecule has 0 unspecified atom stereocenters. The van der Waals surface area contributed by atoms with Gasteiger partial charge in [-0.1, -0.05) is 42.5 Å². The van der Waals surface area contributed by atoms with Gasteiger partial charge in [-0.3, -0.25) is 0 Å². The normalized spacial score (nSPS) is 11.0. The number of carbonyl (C=O) groups excluding carboxylic acids is 1. The first-order valence-electron chi connectivity index (χ1n) is 8.66. The van der Waals surface area contributed by atoms with Crippen LogP contribution in [0.1, 0.15) is 22.2 Å². The quantitative estimate of drug-likeness (QED) is 0.401. The molecule has 5 heteroatoms. The van der Waals surface area contributed by atoms with Crippen LogP contribution in [0.5, 0.6) is 5.75 Å². The van der Waals surface area contributed by atoms with Gasteiger partial charge in [-0.05, 0) is 30.5 Å². The number of fused-ring (bicyclic) bond motifs is 2. The zero-order valence-corrected chi connectivity index (χ0v) is 15.5. The lowest BCUT2D eigenvalue weighted by Gasteiger charge is -2.10. The molecular formula is C22H17FO3S. The SMILES string of the molecule is CCOC(=O)c1sc2cccc(F)c2c1COc1cccc2ccccc12. The maximum atomic E-state index is 14.5. The predicted molar refractivity (Wildman–Crippen MR) is 106 cm³/mol. The lowest BCUT2D eigenvalue weighted by Crippen LogP contribution is -2.07. The molecule has 4 aromatic rings. The van der Waals surface area contributed by atoms with Crippen LogP contribution in [0.4, 0.5) is 4.39 Å². The summed E-state index contributed by atoms with van der Waals surface area (Å²) in [5.74, 6) is -0.121. The van der Waals surface area contributed by atoms with Crippen LogP contribution in [0.3, 0.4) is 0 Å². The summed E-state index contributed by atoms with van der Waals surface area (Å²) in [5, 5.41) is 2.45. The number of hydrogen-bond acceptors (Lipinski definition) is 4. The van der Waals surface area contributed by atoms with E-state index in [1.165, 1.54) is 17.4 Å². The molecule has 0 fully saturated rings. The highest BCUT2D eigenvalue weighted by Gasteiger charge is 2.22. The molecule has 136 valence electrons. The average molecular weight is 380 g/mol. The average Bonchev–Trinajstić information content (AvgIpc) is 3.06. The Balaban J connectivity index is 1.76. The van der Waals surface area contributed by atoms with Crippen molar-refractivity contribution < 1.29 is 18.7 Å². The van der Waals surface area contributed by atoms with Gasteiger partial charge in [-0.25, -0.2) is 9.18 Å². The highest BCUT2D eigenvalue weighted by atomic mass is 32.1. The fourth-order valence-electron chi connectivity index (χ4n) is 3.14. The van der Waals surface area contributed by atoms with Crippen molar-refractivity contribution in [2.45, 2.75) is 13.5 Å². The van der Waals surface area contributed by atoms with Gasteiger partial charge in [0, 0.05) is 21.0 Å². The number of ether oxygens (including phenoxy) is 2. The van der Waals surface area contributed by atoms with E-state index in [1.54, 1.807) is 19.1 Å². The summed E-state index contributed by atoms with van der Waals surface area (Å²) < 4.78 is 26.4. The van der Waals surface area contributed by atoms with Gasteiger partial charge in [-0.2, -0.15) is 0 Å². The summed E-state index contributed by atoms with van der Waals surface area (Å²) in [4.78, 5) is 12.8. The molecule has 0 bridgehead atoms. The van der Waals surface area contributed by atoms with E-state index in [0.29, 0.717) is 26.3 Å². The molecule has 0 saturated heterocycles. The Morgan fingerprint density at radius 1 is 1.04 bits per heavy atom. The highest BCUT2D eigenvalue weighted by Crippen LogP contribution is 2.35. The molecule has 0 atom stereocenters. The lowest BCUT2D eigenvalue weighted by atomic mass is 10.1. The van der Waals surface area contributed by atoms with E-state index in [2.05, 4.69) is 0 Å². The number of thiophene rings is 1. The van der Waals surface area contributed by atoms with Gasteiger partial charge in [-0.15, -0.1) is 11.3 Å². The van der Waals surface area contributed by atoms with Gasteiger partial charge in [0.1, 0.15) is 23.1 Å². The highest BCUT2D eigenvalue weighted by molar-refractivity contribution is 7.21. The molecule has 3 aromatic carbocycles. The molecule has 0 N–H and O–H groups in total. The van der Waals surface area contributed by atoms with E-state index in [1.807, 2.05) is 42.5 Å². The molecule has 1 aromatic heterocycles. The van der Waals surface area contributed by atoms with Crippen LogP contribution >= 0.6 is 11.3 Å². The summed E-state index contributed by atoms with van der Waals surface area (Å²) in [6, 6.07) is 18.5. The van der Waals surface area contributed by atoms with Crippen molar-refractivity contribution >= 4 is 38.2 Å². The number of carbonyl (C=O) groups is 1. The van der Waals surface area contributed by atoms with E-state index in [0.717, 1.165) is 10.8 Å². The molecular weight excluding hydrogens is 363 g/mol. The molecule has 0 radical (unpaired) electrons. The minimum absolute atomic E-state index is 0.0864. The smallest absolute Gasteiger partial charge is 0.348 e. The zero-order chi connectivity index (χ0) is 18.8. The predicted octanol–water partition coefficient (Wildman–Crippen LogP) is 5.95. The largest absolute Gasteiger partial charge is 0.488 e. The Morgan fingerprint density at radius 3 is 2.67 bits per heavy atom. The molecule has 0 spiro atoms. The third kappa shape index (κ3) is 3.26. The molecule has 0 aliphatic rings. The second-order valence-electron chi connectivity index (χ2n) is 6.01. The standard InChI is InChI=1S/C22H17FO3S/c1-2-25-22(24)21-16(20-17(23)10-6-12-19(20)27-21)13-26-18-11-5-8-14-7-3-4-9-15(14)18/h3-12H,2,13H2,1H3. The third-order valence-electron chi connectivity index (χ3n) is 4.35. The first kappa shape index (κ1) is 17.5. The van der Waals surface area contributed by atoms with Gasteiger partial charge < -0.3 is 9.47 Å². The molecule has 0 amide bonds. The Hall–Kier alpha value is -2.92. The van der Waals surface area contributed by atoms with E-state index in [-0.39, 0.29) is 19.0 Å². The van der Waals surface area contributed by atoms with Crippen LogP contribution < -0.4 is 4.74 Å². The van der Waals surface area contributed by atoms with Gasteiger partial charge >= 0.3 is 5.97 Å². The molecule has 1 heterocycles. The topological polar surface area (TPSA) is 35.5 Å². The minimum atomic E-state index is -0.449. The summed E-state index contributed by atoms with van der Waals surface area (Å²) >= 11 is 1.23. The van der Waals surface area contributed by atoms with Crippen LogP contribution in [0, 0.1) is 5.82 Å². The Morgan fingerprint density at radius 2 is 1.81 bits per heavy atom. The molecule has 3 nitrogen and oxygen atoms in total. The Bertz CT molecular complexity index is 1130. The number of benzene rings is 3. The second kappa shape index (κ2) is 7.37. The second-order valence-corrected chi connectivity index (χ2v) is 7.06. The van der Waals surface area contributed by atoms with Crippen molar-refractivity contribution in [3.63, 3.8) is 0 Å². The fraction of sp³-hybridized carbons (Fsp3) is 0.136. The fourth-order valence-corrected chi connectivity index (χ4v) is 4.25. The van der Waals surface area contributed by atoms with Crippen molar-refractivity contribution in [2.75, 3.05) is 6.61 Å². The van der Waals surface area contributed by atoms with E-state index < -0.39 is 5.97 Å². The van der Waals surface area contributed by atoms with E-state index in [9.17, 15) is 9.18 Å². The van der Waals surface area contributed by atoms with Gasteiger partial charge in [0.15, 0.2) is 0 Å². The van der Waals surface area contributed by atoms with E-state index in [4.69, 9.17) is 9.47 Å². The first-order chi connectivity index (χ1) is 13.2. The van der Waals surface area contributed by atoms with Crippen LogP contribution in [0.25, 0.3) is 20.9 Å². The number of esters is 1. The van der Waals surface area contributed by atoms with E-state index >= 15 is 0 Å². The lowest BCUT2D eigenvalue weighted by molar-refractivity contribution is 0.0529. The third-order valence-corrected chi connectivity index (χ3v) is 5.52. The molecule has 0 aliphatic carbocycles. The number of halogens is 1. The van der Waals surface area contributed by atoms with Crippen molar-refractivity contribution in [2.24, 2.45) is 0 Å². The first-order valence-corrected chi connectivity index (χ1v) is 9.48. The van der Waals surface area contributed by atoms with Crippen LogP contribution in [0.15, 0.2) is 60.7 Å². The summed E-state index contributed by atoms with van der Waals surface area (Å²) in [6.45, 7) is 2.10. The van der Waals surface area contributed by atoms with Crippen LogP contribution in [-0.2, 0) is 11.3 Å². The summed E-state index contributed by atoms with van der Waals surface area (Å²) in [7, 11) is 0. The van der Waals surface area contributed by atoms with Crippen LogP contribution in [0.2, 0.25) is 0 Å². The van der Waals surface area contributed by atoms with Crippen molar-refractivity contribution in [3.05, 3.63) is 76.9 Å². The maximum Gasteiger partial charge on any atom is 0.348 e. The van der Waals surface area contributed by atoms with Crippen LogP contribution in [-0.4, -0.2) is 12.6 Å². The summed E-state index contributed by atoms with van der Waals surface area (Å²) in [6.07, 6.45) is 0. The molecule has 0 aliphatic heterocycles. The summed E-state index contributed by atoms with van der Waals surface area (Å²) in [5.41, 5.74) is 0.527. The van der Waals surface area contributed by atoms with Gasteiger partial charge in [0.2, 0.25) is 0 Å². The van der Waals surface area contributed by atoms with Gasteiger partial charge in [0.05, 0.1) is 6.61 Å². The number of rotatable bonds is 5. The Kier molecular flexibility index (Phi) is 4.77. The minimum Gasteiger partial charge on any atom is -0.488 e. The van der Waals surface area contributed by atoms with Gasteiger partial charge in [0.25, 0.3) is 0 Å². The van der Waals surface area contributed by atoms with Crippen molar-refractivity contribution in [3.8, 4) is 5.75 Å². The monoisotopic (exact) mass is 380 g/mol. The molecule has 0 saturated carbocycles.